The van der Waals surface area contributed by atoms with Gasteiger partial charge >= 0.3 is 0 Å². The molecular weight excluding hydrogens is 573 g/mol. The fourth-order valence-electron chi connectivity index (χ4n) is 4.05. The molecule has 0 fully saturated rings. The second kappa shape index (κ2) is 13.9. The third kappa shape index (κ3) is 8.61. The predicted molar refractivity (Wildman–Crippen MR) is 160 cm³/mol. The number of hydrogen-bond acceptors (Lipinski definition) is 5. The zero-order valence-electron chi connectivity index (χ0n) is 22.8. The summed E-state index contributed by atoms with van der Waals surface area (Å²) >= 11 is 12.4. The van der Waals surface area contributed by atoms with Gasteiger partial charge in [-0.25, -0.2) is 8.42 Å². The van der Waals surface area contributed by atoms with Crippen molar-refractivity contribution >= 4 is 50.7 Å². The molecule has 3 aromatic rings. The molecule has 11 heteroatoms. The third-order valence-corrected chi connectivity index (χ3v) is 7.68. The Hall–Kier alpha value is -3.27. The molecule has 2 amide bonds. The van der Waals surface area contributed by atoms with E-state index < -0.39 is 28.5 Å². The summed E-state index contributed by atoms with van der Waals surface area (Å²) in [6, 6.07) is 19.4. The molecule has 0 radical (unpaired) electrons. The standard InChI is InChI=1S/C29H33Cl2N3O5S/c1-5-27(29(36)32-20(2)3)33(18-21-11-12-22(30)17-26(21)31)28(35)19-34(40(4,37)38)23-13-15-25(16-14-23)39-24-9-7-6-8-10-24/h6-17,20,27H,5,18-19H2,1-4H3,(H,32,36)/t27-/m0/s1. The summed E-state index contributed by atoms with van der Waals surface area (Å²) in [5.41, 5.74) is 0.851. The largest absolute Gasteiger partial charge is 0.457 e. The Balaban J connectivity index is 1.92. The SMILES string of the molecule is CC[C@@H](C(=O)NC(C)C)N(Cc1ccc(Cl)cc1Cl)C(=O)CN(c1ccc(Oc2ccccc2)cc1)S(C)(=O)=O. The average Bonchev–Trinajstić information content (AvgIpc) is 2.88. The Kier molecular flexibility index (Phi) is 10.8. The van der Waals surface area contributed by atoms with Gasteiger partial charge in [-0.2, -0.15) is 0 Å². The van der Waals surface area contributed by atoms with Crippen LogP contribution in [0.2, 0.25) is 10.0 Å². The van der Waals surface area contributed by atoms with Crippen molar-refractivity contribution in [3.8, 4) is 11.5 Å². The van der Waals surface area contributed by atoms with E-state index in [4.69, 9.17) is 27.9 Å². The van der Waals surface area contributed by atoms with Crippen molar-refractivity contribution in [3.05, 3.63) is 88.4 Å². The number of nitrogens with zero attached hydrogens (tertiary/aromatic N) is 2. The normalized spacial score (nSPS) is 12.1. The first-order valence-corrected chi connectivity index (χ1v) is 15.3. The maximum Gasteiger partial charge on any atom is 0.244 e. The summed E-state index contributed by atoms with van der Waals surface area (Å²) in [4.78, 5) is 28.3. The van der Waals surface area contributed by atoms with E-state index >= 15 is 0 Å². The van der Waals surface area contributed by atoms with Gasteiger partial charge in [0.1, 0.15) is 24.1 Å². The molecule has 0 aliphatic rings. The molecule has 3 rings (SSSR count). The Labute approximate surface area is 245 Å². The molecular formula is C29H33Cl2N3O5S. The van der Waals surface area contributed by atoms with Gasteiger partial charge in [-0.3, -0.25) is 13.9 Å². The quantitative estimate of drug-likeness (QED) is 0.278. The summed E-state index contributed by atoms with van der Waals surface area (Å²) in [7, 11) is -3.88. The minimum absolute atomic E-state index is 0.0136. The molecule has 40 heavy (non-hydrogen) atoms. The molecule has 0 spiro atoms. The topological polar surface area (TPSA) is 96.0 Å². The van der Waals surface area contributed by atoms with Gasteiger partial charge in [0.15, 0.2) is 0 Å². The highest BCUT2D eigenvalue weighted by atomic mass is 35.5. The van der Waals surface area contributed by atoms with Crippen LogP contribution < -0.4 is 14.4 Å². The van der Waals surface area contributed by atoms with Gasteiger partial charge in [-0.05, 0) is 74.4 Å². The fraction of sp³-hybridized carbons (Fsp3) is 0.310. The van der Waals surface area contributed by atoms with Crippen LogP contribution in [0.5, 0.6) is 11.5 Å². The van der Waals surface area contributed by atoms with Crippen molar-refractivity contribution in [2.24, 2.45) is 0 Å². The smallest absolute Gasteiger partial charge is 0.244 e. The minimum Gasteiger partial charge on any atom is -0.457 e. The van der Waals surface area contributed by atoms with Crippen LogP contribution in [0, 0.1) is 0 Å². The van der Waals surface area contributed by atoms with Crippen molar-refractivity contribution in [2.45, 2.75) is 45.8 Å². The number of anilines is 1. The van der Waals surface area contributed by atoms with E-state index in [1.807, 2.05) is 32.0 Å². The number of carbonyl (C=O) groups is 2. The zero-order valence-corrected chi connectivity index (χ0v) is 25.1. The third-order valence-electron chi connectivity index (χ3n) is 5.96. The second-order valence-corrected chi connectivity index (χ2v) is 12.3. The molecule has 0 unspecified atom stereocenters. The molecule has 3 aromatic carbocycles. The van der Waals surface area contributed by atoms with Crippen LogP contribution in [-0.4, -0.2) is 50.0 Å². The molecule has 1 N–H and O–H groups in total. The minimum atomic E-state index is -3.88. The van der Waals surface area contributed by atoms with E-state index in [2.05, 4.69) is 5.32 Å². The van der Waals surface area contributed by atoms with Crippen molar-refractivity contribution in [2.75, 3.05) is 17.1 Å². The van der Waals surface area contributed by atoms with E-state index in [1.54, 1.807) is 61.5 Å². The van der Waals surface area contributed by atoms with Crippen LogP contribution in [0.15, 0.2) is 72.8 Å². The van der Waals surface area contributed by atoms with Gasteiger partial charge < -0.3 is 15.0 Å². The Bertz CT molecular complexity index is 1420. The molecule has 0 aliphatic carbocycles. The van der Waals surface area contributed by atoms with Crippen LogP contribution in [-0.2, 0) is 26.2 Å². The molecule has 0 heterocycles. The predicted octanol–water partition coefficient (Wildman–Crippen LogP) is 5.88. The second-order valence-electron chi connectivity index (χ2n) is 9.52. The number of ether oxygens (including phenoxy) is 1. The van der Waals surface area contributed by atoms with Gasteiger partial charge in [0, 0.05) is 22.6 Å². The van der Waals surface area contributed by atoms with E-state index in [0.717, 1.165) is 10.6 Å². The number of nitrogens with one attached hydrogen (secondary N) is 1. The van der Waals surface area contributed by atoms with E-state index in [-0.39, 0.29) is 24.2 Å². The fourth-order valence-corrected chi connectivity index (χ4v) is 5.37. The van der Waals surface area contributed by atoms with Crippen molar-refractivity contribution in [3.63, 3.8) is 0 Å². The molecule has 0 saturated carbocycles. The van der Waals surface area contributed by atoms with Crippen molar-refractivity contribution in [1.29, 1.82) is 0 Å². The summed E-state index contributed by atoms with van der Waals surface area (Å²) in [6.45, 7) is 4.90. The monoisotopic (exact) mass is 605 g/mol. The number of sulfonamides is 1. The van der Waals surface area contributed by atoms with Crippen molar-refractivity contribution < 1.29 is 22.7 Å². The lowest BCUT2D eigenvalue weighted by molar-refractivity contribution is -0.140. The molecule has 0 aliphatic heterocycles. The summed E-state index contributed by atoms with van der Waals surface area (Å²) in [6.07, 6.45) is 1.33. The maximum atomic E-state index is 13.8. The van der Waals surface area contributed by atoms with Gasteiger partial charge in [0.2, 0.25) is 21.8 Å². The zero-order chi connectivity index (χ0) is 29.4. The molecule has 0 aromatic heterocycles. The lowest BCUT2D eigenvalue weighted by atomic mass is 10.1. The number of rotatable bonds is 12. The van der Waals surface area contributed by atoms with E-state index in [1.165, 1.54) is 4.90 Å². The number of benzene rings is 3. The molecule has 1 atom stereocenters. The highest BCUT2D eigenvalue weighted by Gasteiger charge is 2.32. The van der Waals surface area contributed by atoms with Gasteiger partial charge in [0.25, 0.3) is 0 Å². The summed E-state index contributed by atoms with van der Waals surface area (Å²) in [5, 5.41) is 3.61. The number of carbonyl (C=O) groups excluding carboxylic acids is 2. The van der Waals surface area contributed by atoms with E-state index in [0.29, 0.717) is 33.5 Å². The highest BCUT2D eigenvalue weighted by molar-refractivity contribution is 7.92. The first-order valence-electron chi connectivity index (χ1n) is 12.7. The lowest BCUT2D eigenvalue weighted by Gasteiger charge is -2.33. The molecule has 0 bridgehead atoms. The highest BCUT2D eigenvalue weighted by Crippen LogP contribution is 2.27. The van der Waals surface area contributed by atoms with Gasteiger partial charge in [-0.1, -0.05) is 54.4 Å². The van der Waals surface area contributed by atoms with Gasteiger partial charge in [0.05, 0.1) is 11.9 Å². The van der Waals surface area contributed by atoms with Crippen molar-refractivity contribution in [1.82, 2.24) is 10.2 Å². The molecule has 214 valence electrons. The number of hydrogen-bond donors (Lipinski definition) is 1. The van der Waals surface area contributed by atoms with Crippen LogP contribution in [0.1, 0.15) is 32.8 Å². The average molecular weight is 607 g/mol. The van der Waals surface area contributed by atoms with Crippen LogP contribution in [0.3, 0.4) is 0 Å². The van der Waals surface area contributed by atoms with Gasteiger partial charge in [-0.15, -0.1) is 0 Å². The summed E-state index contributed by atoms with van der Waals surface area (Å²) < 4.78 is 32.5. The Morgan fingerprint density at radius 2 is 1.57 bits per heavy atom. The first-order chi connectivity index (χ1) is 18.9. The Morgan fingerprint density at radius 1 is 0.950 bits per heavy atom. The number of para-hydroxylation sites is 1. The van der Waals surface area contributed by atoms with Crippen LogP contribution >= 0.6 is 23.2 Å². The number of amides is 2. The molecule has 8 nitrogen and oxygen atoms in total. The summed E-state index contributed by atoms with van der Waals surface area (Å²) in [5.74, 6) is 0.230. The lowest BCUT2D eigenvalue weighted by Crippen LogP contribution is -2.53. The number of halogens is 2. The van der Waals surface area contributed by atoms with E-state index in [9.17, 15) is 18.0 Å². The Morgan fingerprint density at radius 3 is 2.12 bits per heavy atom. The van der Waals surface area contributed by atoms with Crippen LogP contribution in [0.4, 0.5) is 5.69 Å². The van der Waals surface area contributed by atoms with Crippen LogP contribution in [0.25, 0.3) is 0 Å². The first kappa shape index (κ1) is 31.3. The molecule has 0 saturated heterocycles. The maximum absolute atomic E-state index is 13.8.